The number of hydrogen-bond acceptors (Lipinski definition) is 3. The zero-order valence-corrected chi connectivity index (χ0v) is 19.1. The van der Waals surface area contributed by atoms with Gasteiger partial charge in [0.15, 0.2) is 5.11 Å². The molecule has 4 heterocycles. The Morgan fingerprint density at radius 2 is 1.84 bits per heavy atom. The standard InChI is InChI=1S/C25H22ClN5S/c1-2-17-8-11-19(12-9-17)31-24(23(29-25(31)32)20-6-3-4-14-27-20)21-7-5-15-30(21)22-13-10-18(26)16-28-22/h3-16,23-24H,2H2,1H3,(H,29,32)/t23-,24-/m0/s1. The number of halogens is 1. The van der Waals surface area contributed by atoms with E-state index in [1.54, 1.807) is 6.20 Å². The van der Waals surface area contributed by atoms with Gasteiger partial charge in [-0.15, -0.1) is 0 Å². The van der Waals surface area contributed by atoms with E-state index in [0.29, 0.717) is 10.1 Å². The molecule has 0 radical (unpaired) electrons. The molecule has 160 valence electrons. The first-order valence-electron chi connectivity index (χ1n) is 10.5. The van der Waals surface area contributed by atoms with Crippen molar-refractivity contribution in [1.29, 1.82) is 0 Å². The van der Waals surface area contributed by atoms with Crippen molar-refractivity contribution < 1.29 is 0 Å². The molecule has 0 saturated carbocycles. The first-order chi connectivity index (χ1) is 15.7. The summed E-state index contributed by atoms with van der Waals surface area (Å²) in [7, 11) is 0. The Morgan fingerprint density at radius 1 is 1.00 bits per heavy atom. The van der Waals surface area contributed by atoms with E-state index in [4.69, 9.17) is 23.8 Å². The largest absolute Gasteiger partial charge is 0.351 e. The summed E-state index contributed by atoms with van der Waals surface area (Å²) in [4.78, 5) is 11.3. The summed E-state index contributed by atoms with van der Waals surface area (Å²) in [5.74, 6) is 0.799. The van der Waals surface area contributed by atoms with Crippen LogP contribution in [0.3, 0.4) is 0 Å². The van der Waals surface area contributed by atoms with Crippen LogP contribution in [-0.2, 0) is 6.42 Å². The number of anilines is 1. The van der Waals surface area contributed by atoms with Crippen LogP contribution in [0.15, 0.2) is 85.3 Å². The van der Waals surface area contributed by atoms with Gasteiger partial charge in [0.1, 0.15) is 11.9 Å². The number of benzene rings is 1. The van der Waals surface area contributed by atoms with Gasteiger partial charge in [-0.2, -0.15) is 0 Å². The third kappa shape index (κ3) is 3.76. The van der Waals surface area contributed by atoms with Crippen molar-refractivity contribution in [2.45, 2.75) is 25.4 Å². The van der Waals surface area contributed by atoms with Crippen molar-refractivity contribution in [3.05, 3.63) is 107 Å². The normalized spacial score (nSPS) is 18.1. The van der Waals surface area contributed by atoms with Gasteiger partial charge in [0.05, 0.1) is 16.8 Å². The van der Waals surface area contributed by atoms with Gasteiger partial charge in [0.2, 0.25) is 0 Å². The molecule has 4 aromatic rings. The zero-order chi connectivity index (χ0) is 22.1. The zero-order valence-electron chi connectivity index (χ0n) is 17.5. The number of aromatic nitrogens is 3. The molecule has 1 N–H and O–H groups in total. The minimum Gasteiger partial charge on any atom is -0.351 e. The fraction of sp³-hybridized carbons (Fsp3) is 0.160. The van der Waals surface area contributed by atoms with E-state index >= 15 is 0 Å². The fourth-order valence-electron chi connectivity index (χ4n) is 4.18. The van der Waals surface area contributed by atoms with Crippen molar-refractivity contribution in [2.75, 3.05) is 4.90 Å². The summed E-state index contributed by atoms with van der Waals surface area (Å²) >= 11 is 11.9. The van der Waals surface area contributed by atoms with Crippen LogP contribution in [0.1, 0.15) is 36.0 Å². The van der Waals surface area contributed by atoms with Crippen molar-refractivity contribution in [3.8, 4) is 5.82 Å². The molecule has 0 amide bonds. The maximum atomic E-state index is 6.07. The van der Waals surface area contributed by atoms with Crippen molar-refractivity contribution >= 4 is 34.6 Å². The van der Waals surface area contributed by atoms with E-state index in [9.17, 15) is 0 Å². The molecule has 1 fully saturated rings. The molecule has 1 aliphatic rings. The highest BCUT2D eigenvalue weighted by Gasteiger charge is 2.42. The molecule has 32 heavy (non-hydrogen) atoms. The monoisotopic (exact) mass is 459 g/mol. The van der Waals surface area contributed by atoms with Gasteiger partial charge in [-0.1, -0.05) is 36.7 Å². The molecule has 0 spiro atoms. The van der Waals surface area contributed by atoms with Gasteiger partial charge in [0.25, 0.3) is 0 Å². The number of aryl methyl sites for hydroxylation is 1. The molecule has 0 aliphatic carbocycles. The average molecular weight is 460 g/mol. The Morgan fingerprint density at radius 3 is 2.53 bits per heavy atom. The van der Waals surface area contributed by atoms with Gasteiger partial charge in [0, 0.05) is 30.0 Å². The Balaban J connectivity index is 1.64. The van der Waals surface area contributed by atoms with E-state index in [1.165, 1.54) is 5.56 Å². The molecule has 2 atom stereocenters. The average Bonchev–Trinajstić information content (AvgIpc) is 3.44. The minimum absolute atomic E-state index is 0.114. The lowest BCUT2D eigenvalue weighted by Gasteiger charge is -2.29. The van der Waals surface area contributed by atoms with Gasteiger partial charge in [-0.25, -0.2) is 4.98 Å². The maximum absolute atomic E-state index is 6.07. The van der Waals surface area contributed by atoms with E-state index in [-0.39, 0.29) is 12.1 Å². The summed E-state index contributed by atoms with van der Waals surface area (Å²) in [6, 6.07) is 22.2. The minimum atomic E-state index is -0.115. The van der Waals surface area contributed by atoms with Crippen molar-refractivity contribution in [2.24, 2.45) is 0 Å². The number of rotatable bonds is 5. The predicted octanol–water partition coefficient (Wildman–Crippen LogP) is 5.66. The third-order valence-corrected chi connectivity index (χ3v) is 6.30. The van der Waals surface area contributed by atoms with E-state index < -0.39 is 0 Å². The highest BCUT2D eigenvalue weighted by molar-refractivity contribution is 7.80. The number of pyridine rings is 2. The molecule has 1 saturated heterocycles. The van der Waals surface area contributed by atoms with Crippen LogP contribution in [0.2, 0.25) is 5.02 Å². The highest BCUT2D eigenvalue weighted by atomic mass is 35.5. The summed E-state index contributed by atoms with van der Waals surface area (Å²) < 4.78 is 2.08. The maximum Gasteiger partial charge on any atom is 0.174 e. The second-order valence-corrected chi connectivity index (χ2v) is 8.48. The lowest BCUT2D eigenvalue weighted by Crippen LogP contribution is -2.30. The first kappa shape index (κ1) is 20.7. The topological polar surface area (TPSA) is 46.0 Å². The van der Waals surface area contributed by atoms with Crippen LogP contribution in [0.5, 0.6) is 0 Å². The summed E-state index contributed by atoms with van der Waals surface area (Å²) in [5.41, 5.74) is 4.32. The Kier molecular flexibility index (Phi) is 5.64. The second-order valence-electron chi connectivity index (χ2n) is 7.65. The summed E-state index contributed by atoms with van der Waals surface area (Å²) in [6.45, 7) is 2.16. The second kappa shape index (κ2) is 8.73. The van der Waals surface area contributed by atoms with Crippen molar-refractivity contribution in [3.63, 3.8) is 0 Å². The van der Waals surface area contributed by atoms with Crippen LogP contribution >= 0.6 is 23.8 Å². The predicted molar refractivity (Wildman–Crippen MR) is 132 cm³/mol. The molecule has 5 nitrogen and oxygen atoms in total. The molecular formula is C25H22ClN5S. The molecule has 3 aromatic heterocycles. The lowest BCUT2D eigenvalue weighted by atomic mass is 10.0. The molecular weight excluding hydrogens is 438 g/mol. The van der Waals surface area contributed by atoms with Gasteiger partial charge < -0.3 is 14.8 Å². The van der Waals surface area contributed by atoms with Crippen LogP contribution in [-0.4, -0.2) is 19.6 Å². The van der Waals surface area contributed by atoms with Crippen LogP contribution in [0.4, 0.5) is 5.69 Å². The quantitative estimate of drug-likeness (QED) is 0.390. The number of nitrogens with zero attached hydrogens (tertiary/aromatic N) is 4. The first-order valence-corrected chi connectivity index (χ1v) is 11.3. The van der Waals surface area contributed by atoms with Crippen LogP contribution in [0, 0.1) is 0 Å². The SMILES string of the molecule is CCc1ccc(N2C(=S)N[C@@H](c3ccccn3)[C@@H]2c2cccn2-c2ccc(Cl)cn2)cc1. The lowest BCUT2D eigenvalue weighted by molar-refractivity contribution is 0.548. The Bertz CT molecular complexity index is 1220. The van der Waals surface area contributed by atoms with E-state index in [0.717, 1.165) is 29.3 Å². The molecule has 1 aliphatic heterocycles. The molecule has 1 aromatic carbocycles. The Hall–Kier alpha value is -3.22. The van der Waals surface area contributed by atoms with Gasteiger partial charge in [-0.3, -0.25) is 4.98 Å². The summed E-state index contributed by atoms with van der Waals surface area (Å²) in [5, 5.41) is 4.79. The third-order valence-electron chi connectivity index (χ3n) is 5.76. The van der Waals surface area contributed by atoms with Gasteiger partial charge >= 0.3 is 0 Å². The molecule has 7 heteroatoms. The number of hydrogen-bond donors (Lipinski definition) is 1. The van der Waals surface area contributed by atoms with Gasteiger partial charge in [-0.05, 0) is 72.7 Å². The van der Waals surface area contributed by atoms with Crippen LogP contribution < -0.4 is 10.2 Å². The van der Waals surface area contributed by atoms with Crippen molar-refractivity contribution in [1.82, 2.24) is 19.9 Å². The molecule has 5 rings (SSSR count). The van der Waals surface area contributed by atoms with E-state index in [1.807, 2.05) is 48.8 Å². The number of thiocarbonyl (C=S) groups is 1. The highest BCUT2D eigenvalue weighted by Crippen LogP contribution is 2.42. The van der Waals surface area contributed by atoms with E-state index in [2.05, 4.69) is 62.0 Å². The van der Waals surface area contributed by atoms with Crippen LogP contribution in [0.25, 0.3) is 5.82 Å². The summed E-state index contributed by atoms with van der Waals surface area (Å²) in [6.07, 6.45) is 6.49. The Labute approximate surface area is 197 Å². The number of nitrogens with one attached hydrogen (secondary N) is 1. The smallest absolute Gasteiger partial charge is 0.174 e. The fourth-order valence-corrected chi connectivity index (χ4v) is 4.64. The molecule has 0 unspecified atom stereocenters. The molecule has 0 bridgehead atoms.